The van der Waals surface area contributed by atoms with E-state index < -0.39 is 6.10 Å². The molecular weight excluding hydrogens is 292 g/mol. The van der Waals surface area contributed by atoms with Crippen molar-refractivity contribution < 1.29 is 14.3 Å². The Bertz CT molecular complexity index is 554. The summed E-state index contributed by atoms with van der Waals surface area (Å²) in [5, 5.41) is 2.95. The maximum Gasteiger partial charge on any atom is 0.263 e. The summed E-state index contributed by atoms with van der Waals surface area (Å²) in [5.41, 5.74) is 1.10. The van der Waals surface area contributed by atoms with Crippen molar-refractivity contribution >= 4 is 11.8 Å². The molecule has 1 N–H and O–H groups in total. The number of piperidine rings is 1. The van der Waals surface area contributed by atoms with Crippen molar-refractivity contribution in [2.75, 3.05) is 19.6 Å². The summed E-state index contributed by atoms with van der Waals surface area (Å²) in [5.74, 6) is 1.03. The molecular formula is C18H24N2O3. The number of para-hydroxylation sites is 1. The van der Waals surface area contributed by atoms with Gasteiger partial charge in [0.05, 0.1) is 0 Å². The number of carbonyl (C=O) groups is 2. The second kappa shape index (κ2) is 7.02. The lowest BCUT2D eigenvalue weighted by molar-refractivity contribution is -0.141. The van der Waals surface area contributed by atoms with Crippen LogP contribution in [0.2, 0.25) is 0 Å². The van der Waals surface area contributed by atoms with Gasteiger partial charge >= 0.3 is 0 Å². The van der Waals surface area contributed by atoms with Crippen molar-refractivity contribution in [3.8, 4) is 5.75 Å². The number of fused-ring (bicyclic) bond motifs is 1. The Labute approximate surface area is 137 Å². The van der Waals surface area contributed by atoms with Gasteiger partial charge in [-0.2, -0.15) is 0 Å². The Hall–Kier alpha value is -2.04. The third-order valence-electron chi connectivity index (χ3n) is 4.65. The first-order valence-corrected chi connectivity index (χ1v) is 8.50. The van der Waals surface area contributed by atoms with E-state index >= 15 is 0 Å². The Kier molecular flexibility index (Phi) is 4.84. The third kappa shape index (κ3) is 3.49. The molecule has 1 saturated heterocycles. The molecule has 3 rings (SSSR count). The topological polar surface area (TPSA) is 58.6 Å². The summed E-state index contributed by atoms with van der Waals surface area (Å²) < 4.78 is 5.78. The second-order valence-corrected chi connectivity index (χ2v) is 6.31. The van der Waals surface area contributed by atoms with Crippen LogP contribution in [-0.2, 0) is 16.0 Å². The predicted octanol–water partition coefficient (Wildman–Crippen LogP) is 1.75. The molecule has 0 aliphatic carbocycles. The first-order chi connectivity index (χ1) is 11.2. The van der Waals surface area contributed by atoms with Crippen LogP contribution in [0.5, 0.6) is 5.75 Å². The summed E-state index contributed by atoms with van der Waals surface area (Å²) >= 11 is 0. The van der Waals surface area contributed by atoms with Gasteiger partial charge in [-0.3, -0.25) is 9.59 Å². The minimum absolute atomic E-state index is 0.0345. The summed E-state index contributed by atoms with van der Waals surface area (Å²) in [6.07, 6.45) is 2.66. The number of carbonyl (C=O) groups excluding carboxylic acids is 2. The number of hydrogen-bond donors (Lipinski definition) is 1. The maximum absolute atomic E-state index is 12.6. The fourth-order valence-corrected chi connectivity index (χ4v) is 3.28. The predicted molar refractivity (Wildman–Crippen MR) is 87.2 cm³/mol. The number of nitrogens with zero attached hydrogens (tertiary/aromatic N) is 1. The maximum atomic E-state index is 12.6. The Balaban J connectivity index is 1.51. The smallest absolute Gasteiger partial charge is 0.263 e. The molecule has 5 heteroatoms. The zero-order chi connectivity index (χ0) is 16.2. The molecule has 2 heterocycles. The highest BCUT2D eigenvalue weighted by Crippen LogP contribution is 2.29. The van der Waals surface area contributed by atoms with Gasteiger partial charge in [0, 0.05) is 32.0 Å². The quantitative estimate of drug-likeness (QED) is 0.921. The van der Waals surface area contributed by atoms with Crippen LogP contribution in [0.15, 0.2) is 24.3 Å². The first kappa shape index (κ1) is 15.8. The van der Waals surface area contributed by atoms with Crippen molar-refractivity contribution in [1.29, 1.82) is 0 Å². The van der Waals surface area contributed by atoms with Gasteiger partial charge < -0.3 is 15.0 Å². The number of ether oxygens (including phenoxy) is 1. The van der Waals surface area contributed by atoms with Gasteiger partial charge in [-0.25, -0.2) is 0 Å². The van der Waals surface area contributed by atoms with Crippen molar-refractivity contribution in [3.05, 3.63) is 29.8 Å². The van der Waals surface area contributed by atoms with E-state index in [1.165, 1.54) is 0 Å². The number of benzene rings is 1. The lowest BCUT2D eigenvalue weighted by Crippen LogP contribution is -2.47. The molecule has 1 fully saturated rings. The lowest BCUT2D eigenvalue weighted by Gasteiger charge is -2.32. The molecule has 0 spiro atoms. The van der Waals surface area contributed by atoms with Gasteiger partial charge in [0.25, 0.3) is 5.91 Å². The fourth-order valence-electron chi connectivity index (χ4n) is 3.28. The van der Waals surface area contributed by atoms with Crippen molar-refractivity contribution in [3.63, 3.8) is 0 Å². The summed E-state index contributed by atoms with van der Waals surface area (Å²) in [6.45, 7) is 4.05. The average molecular weight is 316 g/mol. The number of likely N-dealkylation sites (tertiary alicyclic amines) is 1. The molecule has 2 aliphatic heterocycles. The Morgan fingerprint density at radius 1 is 1.26 bits per heavy atom. The molecule has 2 aliphatic rings. The largest absolute Gasteiger partial charge is 0.480 e. The molecule has 1 unspecified atom stereocenters. The van der Waals surface area contributed by atoms with E-state index in [4.69, 9.17) is 4.74 Å². The minimum atomic E-state index is -0.405. The highest BCUT2D eigenvalue weighted by atomic mass is 16.5. The molecule has 1 aromatic carbocycles. The van der Waals surface area contributed by atoms with Gasteiger partial charge in [-0.15, -0.1) is 0 Å². The van der Waals surface area contributed by atoms with Crippen LogP contribution in [0.25, 0.3) is 0 Å². The highest BCUT2D eigenvalue weighted by Gasteiger charge is 2.34. The van der Waals surface area contributed by atoms with E-state index in [1.54, 1.807) is 0 Å². The molecule has 124 valence electrons. The van der Waals surface area contributed by atoms with E-state index in [0.29, 0.717) is 19.5 Å². The van der Waals surface area contributed by atoms with Crippen LogP contribution in [-0.4, -0.2) is 42.5 Å². The Morgan fingerprint density at radius 2 is 2.00 bits per heavy atom. The molecule has 23 heavy (non-hydrogen) atoms. The van der Waals surface area contributed by atoms with E-state index in [-0.39, 0.29) is 17.7 Å². The lowest BCUT2D eigenvalue weighted by atomic mass is 9.95. The van der Waals surface area contributed by atoms with Crippen molar-refractivity contribution in [2.45, 2.75) is 38.7 Å². The first-order valence-electron chi connectivity index (χ1n) is 8.50. The Morgan fingerprint density at radius 3 is 2.70 bits per heavy atom. The molecule has 1 aromatic rings. The highest BCUT2D eigenvalue weighted by molar-refractivity contribution is 5.83. The van der Waals surface area contributed by atoms with Gasteiger partial charge in [-0.1, -0.05) is 25.1 Å². The minimum Gasteiger partial charge on any atom is -0.480 e. The number of nitrogens with one attached hydrogen (secondary N) is 1. The van der Waals surface area contributed by atoms with Gasteiger partial charge in [-0.05, 0) is 30.9 Å². The summed E-state index contributed by atoms with van der Waals surface area (Å²) in [4.78, 5) is 26.5. The van der Waals surface area contributed by atoms with E-state index in [1.807, 2.05) is 36.1 Å². The third-order valence-corrected chi connectivity index (χ3v) is 4.65. The standard InChI is InChI=1S/C18H24N2O3/c1-2-9-19-17(21)13-7-10-20(11-8-13)18(22)16-12-14-5-3-4-6-15(14)23-16/h3-6,13,16H,2,7-12H2,1H3,(H,19,21). The second-order valence-electron chi connectivity index (χ2n) is 6.31. The summed E-state index contributed by atoms with van der Waals surface area (Å²) in [6, 6.07) is 7.81. The molecule has 0 saturated carbocycles. The van der Waals surface area contributed by atoms with E-state index in [9.17, 15) is 9.59 Å². The normalized spacial score (nSPS) is 20.7. The zero-order valence-electron chi connectivity index (χ0n) is 13.6. The monoisotopic (exact) mass is 316 g/mol. The molecule has 1 atom stereocenters. The van der Waals surface area contributed by atoms with Crippen molar-refractivity contribution in [2.24, 2.45) is 5.92 Å². The molecule has 2 amide bonds. The van der Waals surface area contributed by atoms with Gasteiger partial charge in [0.1, 0.15) is 5.75 Å². The SMILES string of the molecule is CCCNC(=O)C1CCN(C(=O)C2Cc3ccccc3O2)CC1. The fraction of sp³-hybridized carbons (Fsp3) is 0.556. The molecule has 0 radical (unpaired) electrons. The van der Waals surface area contributed by atoms with E-state index in [2.05, 4.69) is 5.32 Å². The van der Waals surface area contributed by atoms with Gasteiger partial charge in [0.2, 0.25) is 5.91 Å². The number of hydrogen-bond acceptors (Lipinski definition) is 3. The number of amides is 2. The van der Waals surface area contributed by atoms with Crippen molar-refractivity contribution in [1.82, 2.24) is 10.2 Å². The zero-order valence-corrected chi connectivity index (χ0v) is 13.6. The van der Waals surface area contributed by atoms with Crippen LogP contribution in [0.4, 0.5) is 0 Å². The van der Waals surface area contributed by atoms with Crippen LogP contribution in [0, 0.1) is 5.92 Å². The number of rotatable bonds is 4. The van der Waals surface area contributed by atoms with Crippen LogP contribution in [0.3, 0.4) is 0 Å². The average Bonchev–Trinajstić information content (AvgIpc) is 3.03. The molecule has 0 bridgehead atoms. The summed E-state index contributed by atoms with van der Waals surface area (Å²) in [7, 11) is 0. The van der Waals surface area contributed by atoms with Crippen LogP contribution >= 0.6 is 0 Å². The molecule has 5 nitrogen and oxygen atoms in total. The van der Waals surface area contributed by atoms with Crippen LogP contribution in [0.1, 0.15) is 31.7 Å². The van der Waals surface area contributed by atoms with Gasteiger partial charge in [0.15, 0.2) is 6.10 Å². The van der Waals surface area contributed by atoms with E-state index in [0.717, 1.165) is 37.1 Å². The molecule has 0 aromatic heterocycles. The van der Waals surface area contributed by atoms with Crippen LogP contribution < -0.4 is 10.1 Å².